The average molecular weight is 433 g/mol. The zero-order chi connectivity index (χ0) is 19.9. The van der Waals surface area contributed by atoms with E-state index in [4.69, 9.17) is 4.74 Å². The van der Waals surface area contributed by atoms with E-state index in [0.717, 1.165) is 38.0 Å². The summed E-state index contributed by atoms with van der Waals surface area (Å²) in [6.07, 6.45) is 2.09. The number of carbonyl (C=O) groups is 1. The van der Waals surface area contributed by atoms with Gasteiger partial charge in [-0.15, -0.1) is 11.8 Å². The van der Waals surface area contributed by atoms with E-state index in [1.165, 1.54) is 17.3 Å². The van der Waals surface area contributed by atoms with Crippen molar-refractivity contribution in [2.45, 2.75) is 25.3 Å². The minimum atomic E-state index is -0.111. The SMILES string of the molecule is CCOc1ccc2c(c1)sc(=NC(=O)CSc1ccc(C)cc1)n2CCSC. The molecule has 0 N–H and O–H groups in total. The number of aryl methyl sites for hydroxylation is 2. The summed E-state index contributed by atoms with van der Waals surface area (Å²) in [5.41, 5.74) is 2.31. The van der Waals surface area contributed by atoms with Gasteiger partial charge in [0.25, 0.3) is 5.91 Å². The van der Waals surface area contributed by atoms with Crippen molar-refractivity contribution < 1.29 is 9.53 Å². The maximum absolute atomic E-state index is 12.5. The van der Waals surface area contributed by atoms with Crippen molar-refractivity contribution in [3.05, 3.63) is 52.8 Å². The predicted octanol–water partition coefficient (Wildman–Crippen LogP) is 4.99. The molecular weight excluding hydrogens is 408 g/mol. The summed E-state index contributed by atoms with van der Waals surface area (Å²) in [4.78, 5) is 18.8. The smallest absolute Gasteiger partial charge is 0.258 e. The number of amides is 1. The molecule has 1 heterocycles. The Labute approximate surface area is 178 Å². The third-order valence-electron chi connectivity index (χ3n) is 4.09. The Morgan fingerprint density at radius 1 is 1.21 bits per heavy atom. The van der Waals surface area contributed by atoms with Crippen LogP contribution in [-0.4, -0.2) is 34.8 Å². The van der Waals surface area contributed by atoms with Gasteiger partial charge in [0.15, 0.2) is 4.80 Å². The molecule has 148 valence electrons. The van der Waals surface area contributed by atoms with Crippen LogP contribution in [0, 0.1) is 6.92 Å². The molecule has 28 heavy (non-hydrogen) atoms. The summed E-state index contributed by atoms with van der Waals surface area (Å²) in [7, 11) is 0. The highest BCUT2D eigenvalue weighted by molar-refractivity contribution is 8.00. The summed E-state index contributed by atoms with van der Waals surface area (Å²) >= 11 is 4.85. The highest BCUT2D eigenvalue weighted by Crippen LogP contribution is 2.24. The van der Waals surface area contributed by atoms with Gasteiger partial charge in [0.2, 0.25) is 0 Å². The second-order valence-corrected chi connectivity index (χ2v) is 9.24. The molecule has 0 radical (unpaired) electrons. The molecule has 0 aliphatic rings. The van der Waals surface area contributed by atoms with Gasteiger partial charge >= 0.3 is 0 Å². The van der Waals surface area contributed by atoms with Gasteiger partial charge in [-0.1, -0.05) is 29.0 Å². The van der Waals surface area contributed by atoms with Gasteiger partial charge in [0, 0.05) is 17.2 Å². The molecule has 0 aliphatic carbocycles. The van der Waals surface area contributed by atoms with Gasteiger partial charge in [-0.3, -0.25) is 4.79 Å². The summed E-state index contributed by atoms with van der Waals surface area (Å²) in [5, 5.41) is 0. The Bertz CT molecular complexity index is 1010. The molecule has 7 heteroatoms. The fourth-order valence-electron chi connectivity index (χ4n) is 2.71. The first kappa shape index (κ1) is 21.0. The van der Waals surface area contributed by atoms with E-state index in [-0.39, 0.29) is 5.91 Å². The van der Waals surface area contributed by atoms with Crippen LogP contribution in [-0.2, 0) is 11.3 Å². The van der Waals surface area contributed by atoms with Crippen LogP contribution in [0.4, 0.5) is 0 Å². The minimum Gasteiger partial charge on any atom is -0.494 e. The predicted molar refractivity (Wildman–Crippen MR) is 122 cm³/mol. The minimum absolute atomic E-state index is 0.111. The lowest BCUT2D eigenvalue weighted by molar-refractivity contribution is -0.115. The standard InChI is InChI=1S/C21H24N2O2S3/c1-4-25-16-7-10-18-19(13-16)28-21(23(18)11-12-26-3)22-20(24)14-27-17-8-5-15(2)6-9-17/h5-10,13H,4,11-12,14H2,1-3H3. The van der Waals surface area contributed by atoms with E-state index >= 15 is 0 Å². The number of fused-ring (bicyclic) bond motifs is 1. The molecule has 0 saturated carbocycles. The molecule has 4 nitrogen and oxygen atoms in total. The Morgan fingerprint density at radius 3 is 2.71 bits per heavy atom. The third kappa shape index (κ3) is 5.43. The number of thiazole rings is 1. The van der Waals surface area contributed by atoms with E-state index in [1.54, 1.807) is 23.1 Å². The van der Waals surface area contributed by atoms with Crippen molar-refractivity contribution in [3.8, 4) is 5.75 Å². The van der Waals surface area contributed by atoms with E-state index in [2.05, 4.69) is 40.9 Å². The Balaban J connectivity index is 1.85. The Morgan fingerprint density at radius 2 is 2.00 bits per heavy atom. The van der Waals surface area contributed by atoms with Crippen LogP contribution in [0.25, 0.3) is 10.2 Å². The number of rotatable bonds is 8. The number of aromatic nitrogens is 1. The summed E-state index contributed by atoms with van der Waals surface area (Å²) < 4.78 is 8.84. The van der Waals surface area contributed by atoms with Gasteiger partial charge < -0.3 is 9.30 Å². The Hall–Kier alpha value is -1.70. The zero-order valence-electron chi connectivity index (χ0n) is 16.3. The fraction of sp³-hybridized carbons (Fsp3) is 0.333. The van der Waals surface area contributed by atoms with Gasteiger partial charge in [0.05, 0.1) is 22.6 Å². The maximum atomic E-state index is 12.5. The lowest BCUT2D eigenvalue weighted by atomic mass is 10.2. The van der Waals surface area contributed by atoms with Crippen molar-refractivity contribution in [2.75, 3.05) is 24.4 Å². The van der Waals surface area contributed by atoms with Crippen LogP contribution < -0.4 is 9.54 Å². The van der Waals surface area contributed by atoms with Gasteiger partial charge in [-0.05, 0) is 50.4 Å². The summed E-state index contributed by atoms with van der Waals surface area (Å²) in [6, 6.07) is 14.3. The molecule has 0 aliphatic heterocycles. The molecule has 0 atom stereocenters. The maximum Gasteiger partial charge on any atom is 0.258 e. The van der Waals surface area contributed by atoms with Crippen LogP contribution in [0.3, 0.4) is 0 Å². The molecule has 0 fully saturated rings. The van der Waals surface area contributed by atoms with Crippen molar-refractivity contribution in [3.63, 3.8) is 0 Å². The molecule has 2 aromatic carbocycles. The first-order valence-electron chi connectivity index (χ1n) is 9.13. The number of hydrogen-bond donors (Lipinski definition) is 0. The Kier molecular flexibility index (Phi) is 7.65. The number of thioether (sulfide) groups is 2. The first-order valence-corrected chi connectivity index (χ1v) is 12.3. The molecule has 0 saturated heterocycles. The van der Waals surface area contributed by atoms with Gasteiger partial charge in [-0.25, -0.2) is 0 Å². The second kappa shape index (κ2) is 10.2. The molecule has 1 amide bonds. The number of nitrogens with zero attached hydrogens (tertiary/aromatic N) is 2. The topological polar surface area (TPSA) is 43.6 Å². The van der Waals surface area contributed by atoms with Crippen LogP contribution in [0.15, 0.2) is 52.4 Å². The quantitative estimate of drug-likeness (QED) is 0.470. The average Bonchev–Trinajstić information content (AvgIpc) is 3.02. The molecule has 0 bridgehead atoms. The van der Waals surface area contributed by atoms with Crippen molar-refractivity contribution in [2.24, 2.45) is 4.99 Å². The fourth-order valence-corrected chi connectivity index (χ4v) is 4.86. The van der Waals surface area contributed by atoms with E-state index in [1.807, 2.05) is 31.2 Å². The second-order valence-electron chi connectivity index (χ2n) is 6.20. The number of ether oxygens (including phenoxy) is 1. The highest BCUT2D eigenvalue weighted by atomic mass is 32.2. The van der Waals surface area contributed by atoms with Crippen LogP contribution >= 0.6 is 34.9 Å². The van der Waals surface area contributed by atoms with Gasteiger partial charge in [-0.2, -0.15) is 16.8 Å². The molecular formula is C21H24N2O2S3. The van der Waals surface area contributed by atoms with Crippen molar-refractivity contribution >= 4 is 51.0 Å². The van der Waals surface area contributed by atoms with E-state index in [0.29, 0.717) is 12.4 Å². The van der Waals surface area contributed by atoms with Crippen molar-refractivity contribution in [1.29, 1.82) is 0 Å². The van der Waals surface area contributed by atoms with Crippen molar-refractivity contribution in [1.82, 2.24) is 4.57 Å². The number of hydrogen-bond acceptors (Lipinski definition) is 5. The first-order chi connectivity index (χ1) is 13.6. The molecule has 3 rings (SSSR count). The number of carbonyl (C=O) groups excluding carboxylic acids is 1. The third-order valence-corrected chi connectivity index (χ3v) is 6.72. The zero-order valence-corrected chi connectivity index (χ0v) is 18.8. The molecule has 0 unspecified atom stereocenters. The summed E-state index contributed by atoms with van der Waals surface area (Å²) in [6.45, 7) is 5.49. The monoisotopic (exact) mass is 432 g/mol. The van der Waals surface area contributed by atoms with E-state index < -0.39 is 0 Å². The van der Waals surface area contributed by atoms with E-state index in [9.17, 15) is 4.79 Å². The largest absolute Gasteiger partial charge is 0.494 e. The normalized spacial score (nSPS) is 11.9. The lowest BCUT2D eigenvalue weighted by Crippen LogP contribution is -2.18. The number of benzene rings is 2. The van der Waals surface area contributed by atoms with Gasteiger partial charge in [0.1, 0.15) is 5.75 Å². The molecule has 3 aromatic rings. The van der Waals surface area contributed by atoms with Crippen LogP contribution in [0.2, 0.25) is 0 Å². The van der Waals surface area contributed by atoms with Crippen LogP contribution in [0.1, 0.15) is 12.5 Å². The van der Waals surface area contributed by atoms with Crippen LogP contribution in [0.5, 0.6) is 5.75 Å². The molecule has 0 spiro atoms. The lowest BCUT2D eigenvalue weighted by Gasteiger charge is -2.05. The summed E-state index contributed by atoms with van der Waals surface area (Å²) in [5.74, 6) is 2.05. The molecule has 1 aromatic heterocycles. The highest BCUT2D eigenvalue weighted by Gasteiger charge is 2.09.